The molecule has 0 saturated heterocycles. The molecule has 0 aliphatic heterocycles. The predicted octanol–water partition coefficient (Wildman–Crippen LogP) is 4.72. The summed E-state index contributed by atoms with van der Waals surface area (Å²) < 4.78 is 20.3. The zero-order valence-electron chi connectivity index (χ0n) is 17.6. The van der Waals surface area contributed by atoms with Crippen molar-refractivity contribution in [2.24, 2.45) is 0 Å². The number of aromatic amines is 1. The summed E-state index contributed by atoms with van der Waals surface area (Å²) in [6.45, 7) is 17.1. The molecule has 1 heterocycles. The highest BCUT2D eigenvalue weighted by molar-refractivity contribution is 7.90. The van der Waals surface area contributed by atoms with Crippen LogP contribution in [0.1, 0.15) is 59.2 Å². The molecule has 150 valence electrons. The Kier molecular flexibility index (Phi) is 19.8. The van der Waals surface area contributed by atoms with Gasteiger partial charge in [-0.1, -0.05) is 44.6 Å². The maximum Gasteiger partial charge on any atom is 0.258 e. The average Bonchev–Trinajstić information content (AvgIpc) is 2.54. The summed E-state index contributed by atoms with van der Waals surface area (Å²) in [6, 6.07) is 0. The number of hydrogen-bond acceptors (Lipinski definition) is 4. The van der Waals surface area contributed by atoms with Gasteiger partial charge in [0.05, 0.1) is 23.3 Å². The van der Waals surface area contributed by atoms with Crippen molar-refractivity contribution >= 4 is 15.9 Å². The Labute approximate surface area is 159 Å². The maximum absolute atomic E-state index is 11.2. The summed E-state index contributed by atoms with van der Waals surface area (Å²) in [5.41, 5.74) is 2.43. The normalized spacial score (nSPS) is 9.54. The number of hydrogen-bond donors (Lipinski definition) is 1. The highest BCUT2D eigenvalue weighted by atomic mass is 32.2. The fourth-order valence-corrected chi connectivity index (χ4v) is 1.84. The zero-order valence-corrected chi connectivity index (χ0v) is 18.4. The summed E-state index contributed by atoms with van der Waals surface area (Å²) in [5, 5.41) is 0. The van der Waals surface area contributed by atoms with Gasteiger partial charge in [-0.15, -0.1) is 6.58 Å². The van der Waals surface area contributed by atoms with Crippen LogP contribution in [0.5, 0.6) is 0 Å². The van der Waals surface area contributed by atoms with Crippen LogP contribution < -0.4 is 5.56 Å². The summed E-state index contributed by atoms with van der Waals surface area (Å²) in [7, 11) is -2.79. The minimum absolute atomic E-state index is 0.0764. The molecule has 0 bridgehead atoms. The van der Waals surface area contributed by atoms with Gasteiger partial charge in [-0.2, -0.15) is 0 Å². The fourth-order valence-electron chi connectivity index (χ4n) is 1.41. The first kappa shape index (κ1) is 28.8. The van der Waals surface area contributed by atoms with Crippen molar-refractivity contribution in [3.05, 3.63) is 58.3 Å². The van der Waals surface area contributed by atoms with Crippen molar-refractivity contribution in [3.63, 3.8) is 0 Å². The minimum atomic E-state index is -2.79. The first-order valence-corrected chi connectivity index (χ1v) is 10.7. The molecule has 1 aromatic heterocycles. The quantitative estimate of drug-likeness (QED) is 0.762. The lowest BCUT2D eigenvalue weighted by Gasteiger charge is -1.96. The number of nitrogens with zero attached hydrogens (tertiary/aromatic N) is 1. The molecule has 0 spiro atoms. The van der Waals surface area contributed by atoms with E-state index < -0.39 is 9.84 Å². The topological polar surface area (TPSA) is 79.9 Å². The van der Waals surface area contributed by atoms with E-state index in [1.165, 1.54) is 18.7 Å². The van der Waals surface area contributed by atoms with E-state index in [1.807, 2.05) is 47.6 Å². The van der Waals surface area contributed by atoms with Crippen molar-refractivity contribution in [1.82, 2.24) is 9.97 Å². The SMILES string of the molecule is C/C=C\CC.C=CCS(C)(=O)=O.CC.CC(C)=Cc1c(C)nc[nH]c1=O. The highest BCUT2D eigenvalue weighted by Crippen LogP contribution is 2.02. The largest absolute Gasteiger partial charge is 0.313 e. The van der Waals surface area contributed by atoms with Crippen LogP contribution in [0.3, 0.4) is 0 Å². The second-order valence-corrected chi connectivity index (χ2v) is 7.50. The molecule has 5 nitrogen and oxygen atoms in total. The molecule has 1 N–H and O–H groups in total. The summed E-state index contributed by atoms with van der Waals surface area (Å²) in [5.74, 6) is 0.0764. The Morgan fingerprint density at radius 1 is 1.31 bits per heavy atom. The number of aryl methyl sites for hydroxylation is 1. The van der Waals surface area contributed by atoms with Crippen LogP contribution in [0.2, 0.25) is 0 Å². The van der Waals surface area contributed by atoms with Gasteiger partial charge in [0.15, 0.2) is 9.84 Å². The van der Waals surface area contributed by atoms with Crippen molar-refractivity contribution < 1.29 is 8.42 Å². The van der Waals surface area contributed by atoms with Crippen LogP contribution >= 0.6 is 0 Å². The first-order valence-electron chi connectivity index (χ1n) is 8.67. The molecule has 0 amide bonds. The molecule has 1 aromatic rings. The van der Waals surface area contributed by atoms with E-state index in [9.17, 15) is 13.2 Å². The van der Waals surface area contributed by atoms with Crippen LogP contribution in [-0.4, -0.2) is 30.4 Å². The van der Waals surface area contributed by atoms with Gasteiger partial charge in [-0.05, 0) is 40.2 Å². The Balaban J connectivity index is -0.000000323. The molecule has 6 heteroatoms. The molecule has 0 saturated carbocycles. The molecule has 1 rings (SSSR count). The standard InChI is InChI=1S/C9H12N2O.C5H10.C4H8O2S.C2H6/c1-6(2)4-8-7(3)10-5-11-9(8)12;1-3-5-4-2;1-3-4-7(2,5)6;1-2/h4-5H,1-3H3,(H,10,11,12);3,5H,4H2,1-2H3;3H,1,4H2,2H3;1-2H3/b;5-3-;;. The molecule has 0 aromatic carbocycles. The molecule has 0 aliphatic rings. The van der Waals surface area contributed by atoms with Gasteiger partial charge in [0.1, 0.15) is 0 Å². The van der Waals surface area contributed by atoms with E-state index in [2.05, 4.69) is 35.6 Å². The van der Waals surface area contributed by atoms with Crippen LogP contribution in [0.4, 0.5) is 0 Å². The van der Waals surface area contributed by atoms with Crippen molar-refractivity contribution in [2.45, 2.75) is 54.9 Å². The van der Waals surface area contributed by atoms with Crippen LogP contribution in [-0.2, 0) is 9.84 Å². The molecule has 0 radical (unpaired) electrons. The first-order chi connectivity index (χ1) is 12.1. The number of allylic oxidation sites excluding steroid dienone is 3. The Morgan fingerprint density at radius 3 is 2.08 bits per heavy atom. The van der Waals surface area contributed by atoms with Crippen molar-refractivity contribution in [1.29, 1.82) is 0 Å². The fraction of sp³-hybridized carbons (Fsp3) is 0.500. The number of H-pyrrole nitrogens is 1. The smallest absolute Gasteiger partial charge is 0.258 e. The third kappa shape index (κ3) is 20.1. The van der Waals surface area contributed by atoms with Gasteiger partial charge < -0.3 is 4.98 Å². The van der Waals surface area contributed by atoms with Gasteiger partial charge in [0, 0.05) is 6.26 Å². The molecular formula is C20H36N2O3S. The molecule has 0 aliphatic carbocycles. The minimum Gasteiger partial charge on any atom is -0.313 e. The third-order valence-corrected chi connectivity index (χ3v) is 3.25. The monoisotopic (exact) mass is 384 g/mol. The molecule has 0 atom stereocenters. The molecular weight excluding hydrogens is 348 g/mol. The zero-order chi connectivity index (χ0) is 21.2. The van der Waals surface area contributed by atoms with E-state index in [-0.39, 0.29) is 11.3 Å². The molecule has 0 unspecified atom stereocenters. The number of rotatable bonds is 4. The third-order valence-electron chi connectivity index (χ3n) is 2.41. The van der Waals surface area contributed by atoms with Crippen LogP contribution in [0.25, 0.3) is 6.08 Å². The molecule has 0 fully saturated rings. The van der Waals surface area contributed by atoms with Gasteiger partial charge >= 0.3 is 0 Å². The lowest BCUT2D eigenvalue weighted by atomic mass is 10.2. The maximum atomic E-state index is 11.2. The van der Waals surface area contributed by atoms with Gasteiger partial charge in [0.25, 0.3) is 5.56 Å². The van der Waals surface area contributed by atoms with E-state index >= 15 is 0 Å². The Morgan fingerprint density at radius 2 is 1.85 bits per heavy atom. The highest BCUT2D eigenvalue weighted by Gasteiger charge is 1.99. The Bertz CT molecular complexity index is 696. The number of aromatic nitrogens is 2. The lowest BCUT2D eigenvalue weighted by Crippen LogP contribution is -2.11. The van der Waals surface area contributed by atoms with Crippen molar-refractivity contribution in [2.75, 3.05) is 12.0 Å². The van der Waals surface area contributed by atoms with E-state index in [0.717, 1.165) is 17.7 Å². The van der Waals surface area contributed by atoms with Gasteiger partial charge in [0.2, 0.25) is 0 Å². The average molecular weight is 385 g/mol. The summed E-state index contributed by atoms with van der Waals surface area (Å²) in [4.78, 5) is 17.8. The Hall–Kier alpha value is -1.95. The summed E-state index contributed by atoms with van der Waals surface area (Å²) in [6.07, 6.45) is 11.1. The predicted molar refractivity (Wildman–Crippen MR) is 115 cm³/mol. The van der Waals surface area contributed by atoms with E-state index in [0.29, 0.717) is 5.56 Å². The molecule has 26 heavy (non-hydrogen) atoms. The van der Waals surface area contributed by atoms with E-state index in [1.54, 1.807) is 0 Å². The lowest BCUT2D eigenvalue weighted by molar-refractivity contribution is 0.604. The number of nitrogens with one attached hydrogen (secondary N) is 1. The van der Waals surface area contributed by atoms with Crippen LogP contribution in [0.15, 0.2) is 41.5 Å². The summed E-state index contributed by atoms with van der Waals surface area (Å²) >= 11 is 0. The van der Waals surface area contributed by atoms with Crippen LogP contribution in [0, 0.1) is 6.92 Å². The second kappa shape index (κ2) is 17.9. The van der Waals surface area contributed by atoms with Crippen molar-refractivity contribution in [3.8, 4) is 0 Å². The second-order valence-electron chi connectivity index (χ2n) is 5.31. The number of sulfone groups is 1. The van der Waals surface area contributed by atoms with Gasteiger partial charge in [-0.25, -0.2) is 13.4 Å². The van der Waals surface area contributed by atoms with E-state index in [4.69, 9.17) is 0 Å². The van der Waals surface area contributed by atoms with Gasteiger partial charge in [-0.3, -0.25) is 4.79 Å².